The zero-order chi connectivity index (χ0) is 7.28. The largest absolute Gasteiger partial charge is 0.382 e. The molecule has 3 nitrogen and oxygen atoms in total. The third-order valence-corrected chi connectivity index (χ3v) is 1.52. The minimum absolute atomic E-state index is 0.458. The highest BCUT2D eigenvalue weighted by Crippen LogP contribution is 2.02. The molecule has 0 aliphatic heterocycles. The van der Waals surface area contributed by atoms with E-state index in [9.17, 15) is 0 Å². The first kappa shape index (κ1) is 8.49. The third-order valence-electron chi connectivity index (χ3n) is 0.713. The van der Waals surface area contributed by atoms with Crippen LogP contribution in [0.5, 0.6) is 0 Å². The molecule has 4 heteroatoms. The zero-order valence-electron chi connectivity index (χ0n) is 5.48. The second-order valence-electron chi connectivity index (χ2n) is 1.34. The number of nitrogens with one attached hydrogen (secondary N) is 1. The summed E-state index contributed by atoms with van der Waals surface area (Å²) in [6, 6.07) is 0. The van der Waals surface area contributed by atoms with Gasteiger partial charge in [0.05, 0.1) is 0 Å². The lowest BCUT2D eigenvalue weighted by atomic mass is 10.7. The topological polar surface area (TPSA) is 50.4 Å². The maximum atomic E-state index is 5.41. The molecular weight excluding hydrogens is 182 g/mol. The monoisotopic (exact) mass is 191 g/mol. The highest BCUT2D eigenvalue weighted by molar-refractivity contribution is 9.11. The van der Waals surface area contributed by atoms with E-state index in [1.165, 1.54) is 0 Å². The second-order valence-corrected chi connectivity index (χ2v) is 2.13. The fourth-order valence-corrected chi connectivity index (χ4v) is 0.426. The van der Waals surface area contributed by atoms with Crippen LogP contribution in [0, 0.1) is 0 Å². The molecule has 9 heavy (non-hydrogen) atoms. The van der Waals surface area contributed by atoms with Crippen LogP contribution in [0.1, 0.15) is 6.92 Å². The molecule has 0 spiro atoms. The summed E-state index contributed by atoms with van der Waals surface area (Å²) >= 11 is 3.17. The van der Waals surface area contributed by atoms with E-state index in [-0.39, 0.29) is 0 Å². The van der Waals surface area contributed by atoms with Crippen LogP contribution in [0.4, 0.5) is 0 Å². The van der Waals surface area contributed by atoms with Gasteiger partial charge in [0.2, 0.25) is 0 Å². The van der Waals surface area contributed by atoms with E-state index in [0.717, 1.165) is 0 Å². The number of hydrogen-bond acceptors (Lipinski definition) is 3. The molecule has 0 aliphatic carbocycles. The summed E-state index contributed by atoms with van der Waals surface area (Å²) in [5.41, 5.74) is 5.41. The van der Waals surface area contributed by atoms with E-state index in [0.29, 0.717) is 10.4 Å². The Hall–Kier alpha value is -0.510. The smallest absolute Gasteiger partial charge is 0.153 e. The number of hydrogen-bond donors (Lipinski definition) is 2. The molecule has 0 saturated carbocycles. The van der Waals surface area contributed by atoms with Crippen molar-refractivity contribution in [2.45, 2.75) is 6.92 Å². The molecular formula is C5H10BrN3. The molecule has 0 aliphatic rings. The summed E-state index contributed by atoms with van der Waals surface area (Å²) in [7, 11) is 1.77. The van der Waals surface area contributed by atoms with E-state index in [4.69, 9.17) is 5.73 Å². The minimum Gasteiger partial charge on any atom is -0.382 e. The minimum atomic E-state index is 0.458. The number of aliphatic imine (C=N–C) groups is 1. The van der Waals surface area contributed by atoms with Gasteiger partial charge in [-0.3, -0.25) is 0 Å². The molecule has 3 N–H and O–H groups in total. The van der Waals surface area contributed by atoms with E-state index < -0.39 is 0 Å². The second kappa shape index (κ2) is 4.38. The van der Waals surface area contributed by atoms with Crippen molar-refractivity contribution in [2.75, 3.05) is 7.05 Å². The van der Waals surface area contributed by atoms with Crippen LogP contribution in [0.15, 0.2) is 15.4 Å². The van der Waals surface area contributed by atoms with Gasteiger partial charge in [0.1, 0.15) is 4.61 Å². The van der Waals surface area contributed by atoms with Crippen molar-refractivity contribution in [2.24, 2.45) is 10.7 Å². The summed E-state index contributed by atoms with van der Waals surface area (Å²) in [4.78, 5) is 3.82. The molecule has 52 valence electrons. The Labute approximate surface area is 63.2 Å². The molecule has 0 fully saturated rings. The van der Waals surface area contributed by atoms with Crippen molar-refractivity contribution in [3.8, 4) is 0 Å². The molecule has 0 amide bonds. The Bertz CT molecular complexity index is 139. The highest BCUT2D eigenvalue weighted by Gasteiger charge is 1.90. The molecule has 0 rings (SSSR count). The summed E-state index contributed by atoms with van der Waals surface area (Å²) < 4.78 is 0.709. The van der Waals surface area contributed by atoms with Gasteiger partial charge in [-0.15, -0.1) is 0 Å². The normalized spacial score (nSPS) is 13.7. The maximum Gasteiger partial charge on any atom is 0.153 e. The van der Waals surface area contributed by atoms with Gasteiger partial charge in [-0.1, -0.05) is 0 Å². The van der Waals surface area contributed by atoms with Crippen LogP contribution >= 0.6 is 15.9 Å². The molecule has 0 saturated heterocycles. The molecule has 0 aromatic rings. The standard InChI is InChI=1S/C5H10BrN3/c1-3-9-5(7)4(6)8-2/h3,8H,7H2,1-2H3/b5-4-,9-3+. The number of rotatable bonds is 2. The number of nitrogens with two attached hydrogens (primary N) is 1. The van der Waals surface area contributed by atoms with Crippen molar-refractivity contribution < 1.29 is 0 Å². The van der Waals surface area contributed by atoms with Crippen LogP contribution < -0.4 is 11.1 Å². The molecule has 0 aromatic heterocycles. The SMILES string of the molecule is C/C=N/C(N)=C(/Br)NC. The van der Waals surface area contributed by atoms with E-state index in [1.807, 2.05) is 6.92 Å². The predicted octanol–water partition coefficient (Wildman–Crippen LogP) is 0.777. The van der Waals surface area contributed by atoms with Crippen molar-refractivity contribution >= 4 is 22.1 Å². The number of halogens is 1. The Morgan fingerprint density at radius 2 is 2.33 bits per heavy atom. The summed E-state index contributed by atoms with van der Waals surface area (Å²) in [6.45, 7) is 1.81. The Morgan fingerprint density at radius 1 is 1.78 bits per heavy atom. The van der Waals surface area contributed by atoms with Crippen molar-refractivity contribution in [1.82, 2.24) is 5.32 Å². The summed E-state index contributed by atoms with van der Waals surface area (Å²) in [5, 5.41) is 2.81. The Balaban J connectivity index is 4.10. The fourth-order valence-electron chi connectivity index (χ4n) is 0.324. The Kier molecular flexibility index (Phi) is 4.13. The van der Waals surface area contributed by atoms with Crippen molar-refractivity contribution in [1.29, 1.82) is 0 Å². The van der Waals surface area contributed by atoms with Gasteiger partial charge in [0, 0.05) is 13.3 Å². The molecule has 0 unspecified atom stereocenters. The number of nitrogens with zero attached hydrogens (tertiary/aromatic N) is 1. The first-order chi connectivity index (χ1) is 4.22. The highest BCUT2D eigenvalue weighted by atomic mass is 79.9. The van der Waals surface area contributed by atoms with Crippen LogP contribution in [0.2, 0.25) is 0 Å². The lowest BCUT2D eigenvalue weighted by molar-refractivity contribution is 1.03. The maximum absolute atomic E-state index is 5.41. The lowest BCUT2D eigenvalue weighted by Gasteiger charge is -1.97. The van der Waals surface area contributed by atoms with Gasteiger partial charge in [0.25, 0.3) is 0 Å². The quantitative estimate of drug-likeness (QED) is 0.501. The Morgan fingerprint density at radius 3 is 2.67 bits per heavy atom. The predicted molar refractivity (Wildman–Crippen MR) is 43.4 cm³/mol. The van der Waals surface area contributed by atoms with Crippen LogP contribution in [0.3, 0.4) is 0 Å². The molecule has 0 heterocycles. The first-order valence-corrected chi connectivity index (χ1v) is 3.33. The summed E-state index contributed by atoms with van der Waals surface area (Å²) in [5.74, 6) is 0.458. The van der Waals surface area contributed by atoms with Crippen LogP contribution in [-0.4, -0.2) is 13.3 Å². The average Bonchev–Trinajstić information content (AvgIpc) is 1.87. The molecule has 0 atom stereocenters. The fraction of sp³-hybridized carbons (Fsp3) is 0.400. The van der Waals surface area contributed by atoms with E-state index in [2.05, 4.69) is 26.2 Å². The van der Waals surface area contributed by atoms with E-state index in [1.54, 1.807) is 13.3 Å². The van der Waals surface area contributed by atoms with Crippen molar-refractivity contribution in [3.05, 3.63) is 10.4 Å². The summed E-state index contributed by atoms with van der Waals surface area (Å²) in [6.07, 6.45) is 1.63. The average molecular weight is 192 g/mol. The lowest BCUT2D eigenvalue weighted by Crippen LogP contribution is -2.07. The van der Waals surface area contributed by atoms with Crippen LogP contribution in [-0.2, 0) is 0 Å². The third kappa shape index (κ3) is 3.13. The van der Waals surface area contributed by atoms with Gasteiger partial charge in [-0.2, -0.15) is 0 Å². The first-order valence-electron chi connectivity index (χ1n) is 2.54. The van der Waals surface area contributed by atoms with Crippen LogP contribution in [0.25, 0.3) is 0 Å². The molecule has 0 aromatic carbocycles. The zero-order valence-corrected chi connectivity index (χ0v) is 7.07. The van der Waals surface area contributed by atoms with Gasteiger partial charge in [0.15, 0.2) is 5.82 Å². The molecule has 0 radical (unpaired) electrons. The van der Waals surface area contributed by atoms with E-state index >= 15 is 0 Å². The van der Waals surface area contributed by atoms with Gasteiger partial charge in [-0.05, 0) is 22.9 Å². The van der Waals surface area contributed by atoms with Gasteiger partial charge < -0.3 is 11.1 Å². The van der Waals surface area contributed by atoms with Crippen molar-refractivity contribution in [3.63, 3.8) is 0 Å². The molecule has 0 bridgehead atoms. The van der Waals surface area contributed by atoms with Gasteiger partial charge in [-0.25, -0.2) is 4.99 Å². The van der Waals surface area contributed by atoms with Gasteiger partial charge >= 0.3 is 0 Å².